The molecule has 1 atom stereocenters. The molecule has 0 spiro atoms. The molecular weight excluding hydrogens is 366 g/mol. The fourth-order valence-corrected chi connectivity index (χ4v) is 4.93. The summed E-state index contributed by atoms with van der Waals surface area (Å²) >= 11 is 0. The second-order valence-electron chi connectivity index (χ2n) is 6.89. The quantitative estimate of drug-likeness (QED) is 0.682. The summed E-state index contributed by atoms with van der Waals surface area (Å²) in [6, 6.07) is 7.87. The lowest BCUT2D eigenvalue weighted by Crippen LogP contribution is -2.29. The van der Waals surface area contributed by atoms with Crippen LogP contribution in [0.2, 0.25) is 0 Å². The first-order valence-electron chi connectivity index (χ1n) is 8.75. The lowest BCUT2D eigenvalue weighted by atomic mass is 10.1. The number of aryl methyl sites for hydroxylation is 2. The van der Waals surface area contributed by atoms with Crippen molar-refractivity contribution in [2.24, 2.45) is 7.05 Å². The molecule has 1 aromatic carbocycles. The van der Waals surface area contributed by atoms with Crippen molar-refractivity contribution in [3.63, 3.8) is 0 Å². The zero-order chi connectivity index (χ0) is 19.2. The Labute approximate surface area is 157 Å². The Balaban J connectivity index is 1.53. The fourth-order valence-electron chi connectivity index (χ4n) is 3.24. The van der Waals surface area contributed by atoms with Crippen molar-refractivity contribution in [2.75, 3.05) is 13.1 Å². The van der Waals surface area contributed by atoms with Crippen LogP contribution < -0.4 is 0 Å². The molecule has 0 N–H and O–H groups in total. The third-order valence-electron chi connectivity index (χ3n) is 5.06. The summed E-state index contributed by atoms with van der Waals surface area (Å²) in [6.07, 6.45) is 2.05. The third kappa shape index (κ3) is 3.17. The Kier molecular flexibility index (Phi) is 4.35. The van der Waals surface area contributed by atoms with Crippen LogP contribution in [0.5, 0.6) is 0 Å². The van der Waals surface area contributed by atoms with E-state index in [1.54, 1.807) is 18.7 Å². The van der Waals surface area contributed by atoms with Gasteiger partial charge in [0.25, 0.3) is 0 Å². The largest absolute Gasteiger partial charge is 0.339 e. The highest BCUT2D eigenvalue weighted by molar-refractivity contribution is 7.89. The molecule has 9 heteroatoms. The summed E-state index contributed by atoms with van der Waals surface area (Å²) in [7, 11) is -1.85. The lowest BCUT2D eigenvalue weighted by molar-refractivity contribution is 0.354. The minimum atomic E-state index is -3.58. The van der Waals surface area contributed by atoms with E-state index in [1.165, 1.54) is 10.5 Å². The molecule has 0 aliphatic carbocycles. The van der Waals surface area contributed by atoms with Gasteiger partial charge in [-0.2, -0.15) is 14.4 Å². The van der Waals surface area contributed by atoms with Crippen LogP contribution in [0.15, 0.2) is 39.9 Å². The summed E-state index contributed by atoms with van der Waals surface area (Å²) in [5.41, 5.74) is 2.66. The molecule has 4 rings (SSSR count). The Morgan fingerprint density at radius 2 is 1.93 bits per heavy atom. The standard InChI is InChI=1S/C18H21N5O3S/c1-12-4-6-14(7-5-12)17-20-18(26-21-17)15-8-9-23(11-15)27(24,25)16-10-19-22(3)13(16)2/h4-7,10,15H,8-9,11H2,1-3H3. The summed E-state index contributed by atoms with van der Waals surface area (Å²) < 4.78 is 34.3. The number of hydrogen-bond acceptors (Lipinski definition) is 6. The minimum Gasteiger partial charge on any atom is -0.339 e. The molecule has 1 saturated heterocycles. The van der Waals surface area contributed by atoms with Gasteiger partial charge < -0.3 is 4.52 Å². The lowest BCUT2D eigenvalue weighted by Gasteiger charge is -2.15. The highest BCUT2D eigenvalue weighted by Gasteiger charge is 2.37. The highest BCUT2D eigenvalue weighted by atomic mass is 32.2. The van der Waals surface area contributed by atoms with Gasteiger partial charge in [0.15, 0.2) is 0 Å². The Hall–Kier alpha value is -2.52. The molecule has 2 aromatic heterocycles. The highest BCUT2D eigenvalue weighted by Crippen LogP contribution is 2.32. The van der Waals surface area contributed by atoms with Crippen LogP contribution in [0.25, 0.3) is 11.4 Å². The first-order valence-corrected chi connectivity index (χ1v) is 10.2. The second kappa shape index (κ2) is 6.58. The van der Waals surface area contributed by atoms with Gasteiger partial charge in [0.2, 0.25) is 21.7 Å². The van der Waals surface area contributed by atoms with Gasteiger partial charge >= 0.3 is 0 Å². The van der Waals surface area contributed by atoms with Gasteiger partial charge in [-0.1, -0.05) is 35.0 Å². The SMILES string of the molecule is Cc1ccc(-c2noc(C3CCN(S(=O)(=O)c4cnn(C)c4C)C3)n2)cc1. The fraction of sp³-hybridized carbons (Fsp3) is 0.389. The second-order valence-corrected chi connectivity index (χ2v) is 8.80. The number of aromatic nitrogens is 4. The maximum absolute atomic E-state index is 12.9. The van der Waals surface area contributed by atoms with E-state index in [4.69, 9.17) is 4.52 Å². The Morgan fingerprint density at radius 3 is 2.59 bits per heavy atom. The van der Waals surface area contributed by atoms with E-state index in [0.717, 1.165) is 11.1 Å². The number of nitrogens with zero attached hydrogens (tertiary/aromatic N) is 5. The molecule has 0 amide bonds. The molecule has 8 nitrogen and oxygen atoms in total. The number of rotatable bonds is 4. The predicted molar refractivity (Wildman–Crippen MR) is 98.5 cm³/mol. The first-order chi connectivity index (χ1) is 12.9. The maximum atomic E-state index is 12.9. The number of hydrogen-bond donors (Lipinski definition) is 0. The predicted octanol–water partition coefficient (Wildman–Crippen LogP) is 2.27. The van der Waals surface area contributed by atoms with Crippen LogP contribution in [0.4, 0.5) is 0 Å². The van der Waals surface area contributed by atoms with Crippen molar-refractivity contribution in [3.8, 4) is 11.4 Å². The van der Waals surface area contributed by atoms with Crippen molar-refractivity contribution in [1.29, 1.82) is 0 Å². The van der Waals surface area contributed by atoms with Crippen LogP contribution in [0.1, 0.15) is 29.5 Å². The van der Waals surface area contributed by atoms with Crippen LogP contribution >= 0.6 is 0 Å². The van der Waals surface area contributed by atoms with Crippen molar-refractivity contribution in [3.05, 3.63) is 47.6 Å². The maximum Gasteiger partial charge on any atom is 0.246 e. The molecule has 1 aliphatic heterocycles. The van der Waals surface area contributed by atoms with Crippen molar-refractivity contribution < 1.29 is 12.9 Å². The molecule has 1 fully saturated rings. The molecule has 1 aliphatic rings. The molecule has 0 bridgehead atoms. The monoisotopic (exact) mass is 387 g/mol. The van der Waals surface area contributed by atoms with Gasteiger partial charge in [-0.3, -0.25) is 4.68 Å². The summed E-state index contributed by atoms with van der Waals surface area (Å²) in [4.78, 5) is 4.73. The van der Waals surface area contributed by atoms with E-state index in [9.17, 15) is 8.42 Å². The van der Waals surface area contributed by atoms with E-state index >= 15 is 0 Å². The molecule has 3 aromatic rings. The summed E-state index contributed by atoms with van der Waals surface area (Å²) in [6.45, 7) is 4.51. The minimum absolute atomic E-state index is 0.108. The van der Waals surface area contributed by atoms with Crippen molar-refractivity contribution in [1.82, 2.24) is 24.2 Å². The average Bonchev–Trinajstić information content (AvgIpc) is 3.36. The number of sulfonamides is 1. The van der Waals surface area contributed by atoms with Gasteiger partial charge in [-0.15, -0.1) is 0 Å². The van der Waals surface area contributed by atoms with Gasteiger partial charge in [0.05, 0.1) is 17.8 Å². The Morgan fingerprint density at radius 1 is 1.19 bits per heavy atom. The average molecular weight is 387 g/mol. The molecule has 0 saturated carbocycles. The topological polar surface area (TPSA) is 94.1 Å². The van der Waals surface area contributed by atoms with E-state index in [1.807, 2.05) is 31.2 Å². The molecular formula is C18H21N5O3S. The van der Waals surface area contributed by atoms with Crippen molar-refractivity contribution in [2.45, 2.75) is 31.1 Å². The zero-order valence-corrected chi connectivity index (χ0v) is 16.3. The third-order valence-corrected chi connectivity index (χ3v) is 7.03. The van der Waals surface area contributed by atoms with E-state index in [-0.39, 0.29) is 10.8 Å². The molecule has 0 radical (unpaired) electrons. The normalized spacial score (nSPS) is 18.3. The molecule has 3 heterocycles. The van der Waals surface area contributed by atoms with E-state index in [2.05, 4.69) is 15.2 Å². The number of benzene rings is 1. The van der Waals surface area contributed by atoms with Gasteiger partial charge in [0, 0.05) is 25.7 Å². The van der Waals surface area contributed by atoms with Gasteiger partial charge in [0.1, 0.15) is 4.90 Å². The van der Waals surface area contributed by atoms with Crippen molar-refractivity contribution >= 4 is 10.0 Å². The molecule has 142 valence electrons. The first kappa shape index (κ1) is 17.9. The summed E-state index contributed by atoms with van der Waals surface area (Å²) in [5.74, 6) is 0.893. The van der Waals surface area contributed by atoms with E-state index < -0.39 is 10.0 Å². The smallest absolute Gasteiger partial charge is 0.246 e. The van der Waals surface area contributed by atoms with Crippen LogP contribution in [0.3, 0.4) is 0 Å². The molecule has 27 heavy (non-hydrogen) atoms. The van der Waals surface area contributed by atoms with E-state index in [0.29, 0.717) is 36.9 Å². The van der Waals surface area contributed by atoms with Crippen LogP contribution in [-0.4, -0.2) is 45.7 Å². The molecule has 1 unspecified atom stereocenters. The van der Waals surface area contributed by atoms with Crippen LogP contribution in [0, 0.1) is 13.8 Å². The Bertz CT molecular complexity index is 1070. The zero-order valence-electron chi connectivity index (χ0n) is 15.5. The van der Waals surface area contributed by atoms with Crippen LogP contribution in [-0.2, 0) is 17.1 Å². The van der Waals surface area contributed by atoms with Gasteiger partial charge in [-0.25, -0.2) is 8.42 Å². The summed E-state index contributed by atoms with van der Waals surface area (Å²) in [5, 5.41) is 8.10. The van der Waals surface area contributed by atoms with Gasteiger partial charge in [-0.05, 0) is 20.3 Å².